The Hall–Kier alpha value is -0.830. The van der Waals surface area contributed by atoms with E-state index >= 15 is 0 Å². The van der Waals surface area contributed by atoms with Gasteiger partial charge in [0.25, 0.3) is 0 Å². The Morgan fingerprint density at radius 2 is 2.19 bits per heavy atom. The number of hydrogen-bond donors (Lipinski definition) is 1. The first-order valence-electron chi connectivity index (χ1n) is 4.87. The first-order valence-corrected chi connectivity index (χ1v) is 5.63. The minimum atomic E-state index is -0.521. The zero-order valence-corrected chi connectivity index (χ0v) is 10.3. The van der Waals surface area contributed by atoms with E-state index in [9.17, 15) is 4.79 Å². The number of nitrogens with two attached hydrogens (primary N) is 1. The largest absolute Gasteiger partial charge is 0.321 e. The summed E-state index contributed by atoms with van der Waals surface area (Å²) in [6.07, 6.45) is 2.30. The lowest BCUT2D eigenvalue weighted by atomic mass is 10.0. The van der Waals surface area contributed by atoms with Crippen LogP contribution in [-0.4, -0.2) is 11.8 Å². The van der Waals surface area contributed by atoms with Crippen molar-refractivity contribution in [2.75, 3.05) is 0 Å². The topological polar surface area (TPSA) is 43.1 Å². The van der Waals surface area contributed by atoms with Gasteiger partial charge in [-0.15, -0.1) is 6.58 Å². The number of carbonyl (C=O) groups is 1. The van der Waals surface area contributed by atoms with E-state index in [4.69, 9.17) is 28.9 Å². The molecule has 16 heavy (non-hydrogen) atoms. The smallest absolute Gasteiger partial charge is 0.154 e. The van der Waals surface area contributed by atoms with Crippen LogP contribution in [-0.2, 0) is 11.2 Å². The normalized spacial score (nSPS) is 12.2. The van der Waals surface area contributed by atoms with Gasteiger partial charge in [0.2, 0.25) is 0 Å². The number of benzene rings is 1. The van der Waals surface area contributed by atoms with Gasteiger partial charge in [0.15, 0.2) is 5.78 Å². The summed E-state index contributed by atoms with van der Waals surface area (Å²) in [6, 6.07) is 4.52. The third-order valence-corrected chi connectivity index (χ3v) is 2.81. The van der Waals surface area contributed by atoms with Crippen molar-refractivity contribution in [2.24, 2.45) is 5.73 Å². The summed E-state index contributed by atoms with van der Waals surface area (Å²) >= 11 is 11.8. The van der Waals surface area contributed by atoms with Crippen molar-refractivity contribution in [3.63, 3.8) is 0 Å². The lowest BCUT2D eigenvalue weighted by Gasteiger charge is -2.09. The average Bonchev–Trinajstić information content (AvgIpc) is 2.23. The van der Waals surface area contributed by atoms with Gasteiger partial charge in [-0.05, 0) is 30.2 Å². The standard InChI is InChI=1S/C12H13Cl2NO/c1-2-3-11(15)12(16)7-8-6-9(13)4-5-10(8)14/h2,4-6,11H,1,3,7,15H2. The van der Waals surface area contributed by atoms with Crippen LogP contribution in [0, 0.1) is 0 Å². The van der Waals surface area contributed by atoms with E-state index in [1.807, 2.05) is 0 Å². The molecule has 1 aromatic carbocycles. The highest BCUT2D eigenvalue weighted by Crippen LogP contribution is 2.21. The van der Waals surface area contributed by atoms with E-state index in [-0.39, 0.29) is 12.2 Å². The van der Waals surface area contributed by atoms with Crippen molar-refractivity contribution >= 4 is 29.0 Å². The Kier molecular flexibility index (Phi) is 5.00. The molecule has 1 aromatic rings. The molecule has 0 aliphatic heterocycles. The average molecular weight is 258 g/mol. The Labute approximate surface area is 105 Å². The summed E-state index contributed by atoms with van der Waals surface area (Å²) in [6.45, 7) is 3.54. The molecule has 0 aliphatic carbocycles. The minimum Gasteiger partial charge on any atom is -0.321 e. The highest BCUT2D eigenvalue weighted by atomic mass is 35.5. The maximum Gasteiger partial charge on any atom is 0.154 e. The molecule has 0 amide bonds. The summed E-state index contributed by atoms with van der Waals surface area (Å²) < 4.78 is 0. The minimum absolute atomic E-state index is 0.0657. The van der Waals surface area contributed by atoms with Crippen molar-refractivity contribution in [2.45, 2.75) is 18.9 Å². The molecule has 0 spiro atoms. The summed E-state index contributed by atoms with van der Waals surface area (Å²) in [5, 5.41) is 1.09. The van der Waals surface area contributed by atoms with E-state index in [0.717, 1.165) is 0 Å². The second-order valence-electron chi connectivity index (χ2n) is 3.51. The van der Waals surface area contributed by atoms with Gasteiger partial charge in [0.1, 0.15) is 0 Å². The number of ketones is 1. The second kappa shape index (κ2) is 6.04. The van der Waals surface area contributed by atoms with Crippen LogP contribution in [0.5, 0.6) is 0 Å². The van der Waals surface area contributed by atoms with Gasteiger partial charge in [-0.3, -0.25) is 4.79 Å². The zero-order valence-electron chi connectivity index (χ0n) is 8.75. The molecule has 0 saturated carbocycles. The van der Waals surface area contributed by atoms with Crippen LogP contribution in [0.2, 0.25) is 10.0 Å². The Balaban J connectivity index is 2.76. The molecule has 0 aliphatic rings. The highest BCUT2D eigenvalue weighted by molar-refractivity contribution is 6.33. The van der Waals surface area contributed by atoms with Crippen molar-refractivity contribution in [3.05, 3.63) is 46.5 Å². The first kappa shape index (κ1) is 13.2. The fourth-order valence-corrected chi connectivity index (χ4v) is 1.69. The molecule has 86 valence electrons. The predicted molar refractivity (Wildman–Crippen MR) is 68.0 cm³/mol. The Bertz CT molecular complexity index is 404. The lowest BCUT2D eigenvalue weighted by molar-refractivity contribution is -0.119. The molecule has 0 aromatic heterocycles. The van der Waals surface area contributed by atoms with Crippen LogP contribution in [0.4, 0.5) is 0 Å². The van der Waals surface area contributed by atoms with Crippen molar-refractivity contribution < 1.29 is 4.79 Å². The molecule has 0 fully saturated rings. The quantitative estimate of drug-likeness (QED) is 0.825. The molecular formula is C12H13Cl2NO. The van der Waals surface area contributed by atoms with E-state index in [1.54, 1.807) is 24.3 Å². The number of carbonyl (C=O) groups excluding carboxylic acids is 1. The maximum absolute atomic E-state index is 11.7. The molecule has 1 unspecified atom stereocenters. The molecule has 0 heterocycles. The molecule has 1 atom stereocenters. The SMILES string of the molecule is C=CCC(N)C(=O)Cc1cc(Cl)ccc1Cl. The van der Waals surface area contributed by atoms with Crippen molar-refractivity contribution in [3.8, 4) is 0 Å². The van der Waals surface area contributed by atoms with Gasteiger partial charge in [-0.1, -0.05) is 29.3 Å². The molecule has 0 saturated heterocycles. The molecule has 0 radical (unpaired) electrons. The first-order chi connectivity index (χ1) is 7.54. The Morgan fingerprint density at radius 3 is 2.81 bits per heavy atom. The molecule has 1 rings (SSSR count). The number of rotatable bonds is 5. The van der Waals surface area contributed by atoms with Crippen LogP contribution in [0.1, 0.15) is 12.0 Å². The summed E-state index contributed by atoms with van der Waals surface area (Å²) in [7, 11) is 0. The third kappa shape index (κ3) is 3.63. The van der Waals surface area contributed by atoms with Gasteiger partial charge in [-0.2, -0.15) is 0 Å². The van der Waals surface area contributed by atoms with Gasteiger partial charge < -0.3 is 5.73 Å². The molecule has 0 bridgehead atoms. The molecule has 2 nitrogen and oxygen atoms in total. The fraction of sp³-hybridized carbons (Fsp3) is 0.250. The maximum atomic E-state index is 11.7. The van der Waals surface area contributed by atoms with E-state index < -0.39 is 6.04 Å². The van der Waals surface area contributed by atoms with Crippen molar-refractivity contribution in [1.29, 1.82) is 0 Å². The van der Waals surface area contributed by atoms with E-state index in [0.29, 0.717) is 22.0 Å². The zero-order chi connectivity index (χ0) is 12.1. The summed E-state index contributed by atoms with van der Waals surface area (Å²) in [4.78, 5) is 11.7. The lowest BCUT2D eigenvalue weighted by Crippen LogP contribution is -2.31. The van der Waals surface area contributed by atoms with Crippen LogP contribution < -0.4 is 5.73 Å². The van der Waals surface area contributed by atoms with Gasteiger partial charge in [-0.25, -0.2) is 0 Å². The van der Waals surface area contributed by atoms with E-state index in [1.165, 1.54) is 0 Å². The van der Waals surface area contributed by atoms with Gasteiger partial charge in [0.05, 0.1) is 6.04 Å². The summed E-state index contributed by atoms with van der Waals surface area (Å²) in [5.74, 6) is -0.0657. The van der Waals surface area contributed by atoms with Gasteiger partial charge in [0, 0.05) is 16.5 Å². The Morgan fingerprint density at radius 1 is 1.50 bits per heavy atom. The third-order valence-electron chi connectivity index (χ3n) is 2.21. The highest BCUT2D eigenvalue weighted by Gasteiger charge is 2.14. The molecule has 2 N–H and O–H groups in total. The number of hydrogen-bond acceptors (Lipinski definition) is 2. The van der Waals surface area contributed by atoms with Gasteiger partial charge >= 0.3 is 0 Å². The monoisotopic (exact) mass is 257 g/mol. The second-order valence-corrected chi connectivity index (χ2v) is 4.35. The van der Waals surface area contributed by atoms with Crippen LogP contribution in [0.3, 0.4) is 0 Å². The summed E-state index contributed by atoms with van der Waals surface area (Å²) in [5.41, 5.74) is 6.37. The molecule has 4 heteroatoms. The number of halogens is 2. The van der Waals surface area contributed by atoms with Crippen LogP contribution >= 0.6 is 23.2 Å². The predicted octanol–water partition coefficient (Wildman–Crippen LogP) is 3.01. The van der Waals surface area contributed by atoms with Crippen molar-refractivity contribution in [1.82, 2.24) is 0 Å². The van der Waals surface area contributed by atoms with Crippen LogP contribution in [0.25, 0.3) is 0 Å². The fourth-order valence-electron chi connectivity index (χ4n) is 1.31. The molecular weight excluding hydrogens is 245 g/mol. The van der Waals surface area contributed by atoms with E-state index in [2.05, 4.69) is 6.58 Å². The number of Topliss-reactive ketones (excluding diaryl/α,β-unsaturated/α-hetero) is 1. The van der Waals surface area contributed by atoms with Crippen LogP contribution in [0.15, 0.2) is 30.9 Å².